The van der Waals surface area contributed by atoms with E-state index in [2.05, 4.69) is 12.1 Å². The Balaban J connectivity index is 0.00000133. The Morgan fingerprint density at radius 2 is 1.53 bits per heavy atom. The summed E-state index contributed by atoms with van der Waals surface area (Å²) < 4.78 is 2.01. The van der Waals surface area contributed by atoms with Crippen molar-refractivity contribution in [1.29, 1.82) is 0 Å². The van der Waals surface area contributed by atoms with E-state index in [4.69, 9.17) is 11.5 Å². The first kappa shape index (κ1) is 13.3. The Hall–Kier alpha value is -2.13. The molecule has 0 unspecified atom stereocenters. The molecule has 0 saturated heterocycles. The molecule has 1 heterocycles. The van der Waals surface area contributed by atoms with E-state index in [-0.39, 0.29) is 12.4 Å². The van der Waals surface area contributed by atoms with Crippen LogP contribution in [0.2, 0.25) is 0 Å². The van der Waals surface area contributed by atoms with Crippen molar-refractivity contribution in [3.8, 4) is 11.1 Å². The van der Waals surface area contributed by atoms with Crippen LogP contribution in [-0.4, -0.2) is 4.57 Å². The molecule has 1 aromatic heterocycles. The molecule has 0 fully saturated rings. The fraction of sp³-hybridized carbons (Fsp3) is 0.0667. The average Bonchev–Trinajstić information content (AvgIpc) is 2.64. The van der Waals surface area contributed by atoms with Crippen LogP contribution < -0.4 is 11.5 Å². The minimum Gasteiger partial charge on any atom is -0.399 e. The molecule has 0 bridgehead atoms. The molecule has 0 amide bonds. The van der Waals surface area contributed by atoms with Crippen molar-refractivity contribution < 1.29 is 0 Å². The van der Waals surface area contributed by atoms with E-state index in [1.54, 1.807) is 0 Å². The standard InChI is InChI=1S/C15H15N3.ClH/c1-18-13-5-3-2-4-12(13)14(15(18)17)10-6-8-11(16)9-7-10;/h2-9H,16-17H2,1H3;1H. The van der Waals surface area contributed by atoms with Crippen LogP contribution in [0.4, 0.5) is 11.5 Å². The molecule has 0 atom stereocenters. The van der Waals surface area contributed by atoms with E-state index in [1.165, 1.54) is 5.39 Å². The topological polar surface area (TPSA) is 57.0 Å². The minimum absolute atomic E-state index is 0. The van der Waals surface area contributed by atoms with E-state index in [1.807, 2.05) is 48.0 Å². The zero-order valence-corrected chi connectivity index (χ0v) is 11.4. The van der Waals surface area contributed by atoms with Crippen molar-refractivity contribution in [2.75, 3.05) is 11.5 Å². The van der Waals surface area contributed by atoms with Crippen LogP contribution in [0.15, 0.2) is 48.5 Å². The number of nitrogen functional groups attached to an aromatic ring is 2. The van der Waals surface area contributed by atoms with Crippen LogP contribution in [0, 0.1) is 0 Å². The van der Waals surface area contributed by atoms with Crippen LogP contribution in [0.3, 0.4) is 0 Å². The minimum atomic E-state index is 0. The highest BCUT2D eigenvalue weighted by atomic mass is 35.5. The number of halogens is 1. The van der Waals surface area contributed by atoms with Gasteiger partial charge in [0.1, 0.15) is 5.82 Å². The fourth-order valence-electron chi connectivity index (χ4n) is 2.37. The molecular formula is C15H16ClN3. The van der Waals surface area contributed by atoms with Gasteiger partial charge >= 0.3 is 0 Å². The Morgan fingerprint density at radius 1 is 0.895 bits per heavy atom. The summed E-state index contributed by atoms with van der Waals surface area (Å²) in [6.45, 7) is 0. The van der Waals surface area contributed by atoms with E-state index in [9.17, 15) is 0 Å². The van der Waals surface area contributed by atoms with Gasteiger partial charge in [-0.15, -0.1) is 12.4 Å². The molecule has 3 rings (SSSR count). The summed E-state index contributed by atoms with van der Waals surface area (Å²) in [6, 6.07) is 16.0. The lowest BCUT2D eigenvalue weighted by Gasteiger charge is -2.03. The number of aromatic nitrogens is 1. The van der Waals surface area contributed by atoms with Gasteiger partial charge in [-0.2, -0.15) is 0 Å². The van der Waals surface area contributed by atoms with E-state index >= 15 is 0 Å². The van der Waals surface area contributed by atoms with Crippen LogP contribution in [0.5, 0.6) is 0 Å². The quantitative estimate of drug-likeness (QED) is 0.668. The van der Waals surface area contributed by atoms with Crippen LogP contribution in [-0.2, 0) is 7.05 Å². The number of hydrogen-bond acceptors (Lipinski definition) is 2. The summed E-state index contributed by atoms with van der Waals surface area (Å²) in [5.41, 5.74) is 16.0. The number of para-hydroxylation sites is 1. The van der Waals surface area contributed by atoms with Crippen molar-refractivity contribution >= 4 is 34.8 Å². The van der Waals surface area contributed by atoms with E-state index in [0.29, 0.717) is 0 Å². The molecule has 0 radical (unpaired) electrons. The van der Waals surface area contributed by atoms with Crippen LogP contribution >= 0.6 is 12.4 Å². The third-order valence-corrected chi connectivity index (χ3v) is 3.35. The van der Waals surface area contributed by atoms with Crippen molar-refractivity contribution in [2.45, 2.75) is 0 Å². The van der Waals surface area contributed by atoms with Crippen molar-refractivity contribution in [3.63, 3.8) is 0 Å². The van der Waals surface area contributed by atoms with Gasteiger partial charge < -0.3 is 16.0 Å². The molecule has 4 heteroatoms. The van der Waals surface area contributed by atoms with Crippen LogP contribution in [0.1, 0.15) is 0 Å². The summed E-state index contributed by atoms with van der Waals surface area (Å²) in [5, 5.41) is 1.17. The number of nitrogens with zero attached hydrogens (tertiary/aromatic N) is 1. The number of hydrogen-bond donors (Lipinski definition) is 2. The molecule has 3 nitrogen and oxygen atoms in total. The lowest BCUT2D eigenvalue weighted by atomic mass is 10.0. The predicted octanol–water partition coefficient (Wildman–Crippen LogP) is 3.43. The van der Waals surface area contributed by atoms with Gasteiger partial charge in [0, 0.05) is 29.2 Å². The Morgan fingerprint density at radius 3 is 2.21 bits per heavy atom. The highest BCUT2D eigenvalue weighted by molar-refractivity contribution is 6.02. The summed E-state index contributed by atoms with van der Waals surface area (Å²) in [4.78, 5) is 0. The highest BCUT2D eigenvalue weighted by Crippen LogP contribution is 2.36. The number of benzene rings is 2. The lowest BCUT2D eigenvalue weighted by molar-refractivity contribution is 0.984. The van der Waals surface area contributed by atoms with Gasteiger partial charge in [-0.1, -0.05) is 30.3 Å². The zero-order chi connectivity index (χ0) is 12.7. The van der Waals surface area contributed by atoms with E-state index < -0.39 is 0 Å². The summed E-state index contributed by atoms with van der Waals surface area (Å²) in [5.74, 6) is 0.779. The normalized spacial score (nSPS) is 10.4. The summed E-state index contributed by atoms with van der Waals surface area (Å²) in [7, 11) is 1.98. The van der Waals surface area contributed by atoms with Gasteiger partial charge in [0.15, 0.2) is 0 Å². The molecule has 98 valence electrons. The van der Waals surface area contributed by atoms with Gasteiger partial charge in [0.05, 0.1) is 0 Å². The molecule has 3 aromatic rings. The van der Waals surface area contributed by atoms with Gasteiger partial charge in [-0.25, -0.2) is 0 Å². The molecule has 4 N–H and O–H groups in total. The Bertz CT molecular complexity index is 714. The third kappa shape index (κ3) is 2.02. The molecule has 0 aliphatic heterocycles. The second kappa shape index (κ2) is 4.86. The molecule has 0 aliphatic carbocycles. The second-order valence-corrected chi connectivity index (χ2v) is 4.46. The van der Waals surface area contributed by atoms with Crippen molar-refractivity contribution in [1.82, 2.24) is 4.57 Å². The van der Waals surface area contributed by atoms with Gasteiger partial charge in [-0.3, -0.25) is 0 Å². The van der Waals surface area contributed by atoms with Crippen molar-refractivity contribution in [3.05, 3.63) is 48.5 Å². The predicted molar refractivity (Wildman–Crippen MR) is 84.4 cm³/mol. The maximum absolute atomic E-state index is 6.22. The number of fused-ring (bicyclic) bond motifs is 1. The first-order valence-corrected chi connectivity index (χ1v) is 5.87. The largest absolute Gasteiger partial charge is 0.399 e. The molecule has 0 spiro atoms. The van der Waals surface area contributed by atoms with Gasteiger partial charge in [-0.05, 0) is 23.8 Å². The van der Waals surface area contributed by atoms with Gasteiger partial charge in [0.25, 0.3) is 0 Å². The smallest absolute Gasteiger partial charge is 0.112 e. The SMILES string of the molecule is Cl.Cn1c(N)c(-c2ccc(N)cc2)c2ccccc21. The number of nitrogens with two attached hydrogens (primary N) is 2. The Kier molecular flexibility index (Phi) is 3.40. The third-order valence-electron chi connectivity index (χ3n) is 3.35. The van der Waals surface area contributed by atoms with E-state index in [0.717, 1.165) is 28.1 Å². The summed E-state index contributed by atoms with van der Waals surface area (Å²) in [6.07, 6.45) is 0. The lowest BCUT2D eigenvalue weighted by Crippen LogP contribution is -1.96. The monoisotopic (exact) mass is 273 g/mol. The Labute approximate surface area is 118 Å². The molecule has 19 heavy (non-hydrogen) atoms. The zero-order valence-electron chi connectivity index (χ0n) is 10.6. The summed E-state index contributed by atoms with van der Waals surface area (Å²) >= 11 is 0. The number of aryl methyl sites for hydroxylation is 1. The average molecular weight is 274 g/mol. The first-order valence-electron chi connectivity index (χ1n) is 5.87. The first-order chi connectivity index (χ1) is 8.68. The maximum Gasteiger partial charge on any atom is 0.112 e. The fourth-order valence-corrected chi connectivity index (χ4v) is 2.37. The molecule has 0 aliphatic rings. The molecule has 0 saturated carbocycles. The number of anilines is 2. The molecular weight excluding hydrogens is 258 g/mol. The maximum atomic E-state index is 6.22. The van der Waals surface area contributed by atoms with Crippen LogP contribution in [0.25, 0.3) is 22.0 Å². The molecule has 2 aromatic carbocycles. The highest BCUT2D eigenvalue weighted by Gasteiger charge is 2.13. The number of rotatable bonds is 1. The second-order valence-electron chi connectivity index (χ2n) is 4.46. The van der Waals surface area contributed by atoms with Crippen molar-refractivity contribution in [2.24, 2.45) is 7.05 Å². The van der Waals surface area contributed by atoms with Gasteiger partial charge in [0.2, 0.25) is 0 Å².